The van der Waals surface area contributed by atoms with E-state index in [0.29, 0.717) is 17.4 Å². The van der Waals surface area contributed by atoms with Crippen LogP contribution in [-0.4, -0.2) is 46.2 Å². The zero-order valence-electron chi connectivity index (χ0n) is 15.4. The predicted molar refractivity (Wildman–Crippen MR) is 103 cm³/mol. The quantitative estimate of drug-likeness (QED) is 0.574. The van der Waals surface area contributed by atoms with E-state index in [4.69, 9.17) is 0 Å². The molecule has 1 aliphatic rings. The lowest BCUT2D eigenvalue weighted by atomic mass is 9.99. The number of ketones is 1. The first kappa shape index (κ1) is 19.1. The van der Waals surface area contributed by atoms with Gasteiger partial charge in [0.1, 0.15) is 5.82 Å². The number of aryl methyl sites for hydroxylation is 3. The van der Waals surface area contributed by atoms with Crippen LogP contribution in [0.25, 0.3) is 0 Å². The number of hydrogen-bond donors (Lipinski definition) is 0. The Morgan fingerprint density at radius 1 is 1.19 bits per heavy atom. The Kier molecular flexibility index (Phi) is 5.25. The molecule has 6 nitrogen and oxygen atoms in total. The largest absolute Gasteiger partial charge is 0.309 e. The number of aromatic nitrogens is 3. The third-order valence-corrected chi connectivity index (χ3v) is 7.73. The highest BCUT2D eigenvalue weighted by molar-refractivity contribution is 7.99. The Morgan fingerprint density at radius 2 is 1.88 bits per heavy atom. The molecule has 2 aromatic rings. The molecule has 2 heterocycles. The van der Waals surface area contributed by atoms with Gasteiger partial charge in [-0.2, -0.15) is 0 Å². The molecule has 0 spiro atoms. The molecule has 0 aliphatic carbocycles. The maximum atomic E-state index is 12.6. The maximum Gasteiger partial charge on any atom is 0.191 e. The highest BCUT2D eigenvalue weighted by Crippen LogP contribution is 2.29. The summed E-state index contributed by atoms with van der Waals surface area (Å²) in [5.74, 6) is 1.25. The summed E-state index contributed by atoms with van der Waals surface area (Å²) in [6.07, 6.45) is 0.583. The van der Waals surface area contributed by atoms with Crippen LogP contribution in [0.1, 0.15) is 45.2 Å². The molecule has 0 saturated carbocycles. The molecule has 140 valence electrons. The first-order valence-corrected chi connectivity index (χ1v) is 11.3. The lowest BCUT2D eigenvalue weighted by Gasteiger charge is -2.10. The van der Waals surface area contributed by atoms with Gasteiger partial charge in [-0.1, -0.05) is 17.8 Å². The van der Waals surface area contributed by atoms with Crippen molar-refractivity contribution in [2.45, 2.75) is 38.3 Å². The number of nitrogens with zero attached hydrogens (tertiary/aromatic N) is 3. The van der Waals surface area contributed by atoms with Crippen LogP contribution < -0.4 is 0 Å². The molecule has 1 aromatic carbocycles. The highest BCUT2D eigenvalue weighted by atomic mass is 32.2. The molecule has 0 amide bonds. The second kappa shape index (κ2) is 7.15. The monoisotopic (exact) mass is 393 g/mol. The predicted octanol–water partition coefficient (Wildman–Crippen LogP) is 2.62. The van der Waals surface area contributed by atoms with Crippen molar-refractivity contribution in [1.29, 1.82) is 0 Å². The number of sulfone groups is 1. The summed E-state index contributed by atoms with van der Waals surface area (Å²) in [6, 6.07) is 3.98. The van der Waals surface area contributed by atoms with Gasteiger partial charge in [0.25, 0.3) is 0 Å². The van der Waals surface area contributed by atoms with Crippen LogP contribution in [0, 0.1) is 20.8 Å². The minimum Gasteiger partial charge on any atom is -0.309 e. The lowest BCUT2D eigenvalue weighted by Crippen LogP contribution is -2.10. The van der Waals surface area contributed by atoms with Gasteiger partial charge in [-0.15, -0.1) is 10.2 Å². The average Bonchev–Trinajstić information content (AvgIpc) is 3.10. The molecule has 8 heteroatoms. The normalized spacial score (nSPS) is 19.0. The fraction of sp³-hybridized carbons (Fsp3) is 0.500. The molecule has 3 rings (SSSR count). The minimum absolute atomic E-state index is 0.0589. The molecule has 0 bridgehead atoms. The van der Waals surface area contributed by atoms with Crippen molar-refractivity contribution in [3.63, 3.8) is 0 Å². The lowest BCUT2D eigenvalue weighted by molar-refractivity contribution is 0.102. The van der Waals surface area contributed by atoms with E-state index in [-0.39, 0.29) is 29.0 Å². The summed E-state index contributed by atoms with van der Waals surface area (Å²) < 4.78 is 25.2. The van der Waals surface area contributed by atoms with Crippen molar-refractivity contribution >= 4 is 27.4 Å². The number of carbonyl (C=O) groups is 1. The van der Waals surface area contributed by atoms with Crippen LogP contribution in [0.5, 0.6) is 0 Å². The molecular formula is C18H23N3O3S2. The number of benzene rings is 1. The number of carbonyl (C=O) groups excluding carboxylic acids is 1. The van der Waals surface area contributed by atoms with Crippen LogP contribution in [0.3, 0.4) is 0 Å². The third kappa shape index (κ3) is 3.86. The van der Waals surface area contributed by atoms with Crippen molar-refractivity contribution in [3.8, 4) is 0 Å². The van der Waals surface area contributed by atoms with Gasteiger partial charge < -0.3 is 4.57 Å². The van der Waals surface area contributed by atoms with Gasteiger partial charge in [-0.25, -0.2) is 8.42 Å². The second-order valence-electron chi connectivity index (χ2n) is 6.96. The molecule has 0 unspecified atom stereocenters. The Morgan fingerprint density at radius 3 is 2.54 bits per heavy atom. The van der Waals surface area contributed by atoms with Crippen LogP contribution in [0.4, 0.5) is 0 Å². The molecule has 1 aromatic heterocycles. The van der Waals surface area contributed by atoms with Gasteiger partial charge in [0.05, 0.1) is 17.3 Å². The fourth-order valence-corrected chi connectivity index (χ4v) is 5.82. The second-order valence-corrected chi connectivity index (χ2v) is 10.1. The topological polar surface area (TPSA) is 81.9 Å². The zero-order chi connectivity index (χ0) is 19.1. The SMILES string of the molecule is Cc1cc(C)c(C(=O)CSc2nnc([C@@H]3CCS(=O)(=O)C3)n2C)cc1C. The summed E-state index contributed by atoms with van der Waals surface area (Å²) >= 11 is 1.34. The summed E-state index contributed by atoms with van der Waals surface area (Å²) in [5, 5.41) is 8.97. The molecule has 1 atom stereocenters. The van der Waals surface area contributed by atoms with Crippen LogP contribution >= 0.6 is 11.8 Å². The number of rotatable bonds is 5. The van der Waals surface area contributed by atoms with E-state index in [9.17, 15) is 13.2 Å². The molecule has 1 fully saturated rings. The van der Waals surface area contributed by atoms with E-state index < -0.39 is 9.84 Å². The van der Waals surface area contributed by atoms with E-state index in [1.54, 1.807) is 0 Å². The molecular weight excluding hydrogens is 370 g/mol. The van der Waals surface area contributed by atoms with Gasteiger partial charge >= 0.3 is 0 Å². The van der Waals surface area contributed by atoms with Crippen molar-refractivity contribution in [3.05, 3.63) is 40.2 Å². The molecule has 0 N–H and O–H groups in total. The minimum atomic E-state index is -2.97. The van der Waals surface area contributed by atoms with Crippen LogP contribution in [0.15, 0.2) is 17.3 Å². The van der Waals surface area contributed by atoms with Crippen molar-refractivity contribution in [1.82, 2.24) is 14.8 Å². The van der Waals surface area contributed by atoms with E-state index in [0.717, 1.165) is 16.7 Å². The van der Waals surface area contributed by atoms with Gasteiger partial charge in [-0.3, -0.25) is 4.79 Å². The van der Waals surface area contributed by atoms with Crippen molar-refractivity contribution < 1.29 is 13.2 Å². The standard InChI is InChI=1S/C18H23N3O3S2/c1-11-7-13(3)15(8-12(11)2)16(22)9-25-18-20-19-17(21(18)4)14-5-6-26(23,24)10-14/h7-8,14H,5-6,9-10H2,1-4H3/t14-/m1/s1. The zero-order valence-corrected chi connectivity index (χ0v) is 17.1. The summed E-state index contributed by atoms with van der Waals surface area (Å²) in [4.78, 5) is 12.6. The van der Waals surface area contributed by atoms with E-state index in [1.165, 1.54) is 17.3 Å². The third-order valence-electron chi connectivity index (χ3n) is 4.94. The first-order valence-electron chi connectivity index (χ1n) is 8.51. The Labute approximate surface area is 158 Å². The molecule has 0 radical (unpaired) electrons. The van der Waals surface area contributed by atoms with Gasteiger partial charge in [0, 0.05) is 18.5 Å². The summed E-state index contributed by atoms with van der Waals surface area (Å²) in [6.45, 7) is 5.99. The van der Waals surface area contributed by atoms with Crippen LogP contribution in [-0.2, 0) is 16.9 Å². The van der Waals surface area contributed by atoms with E-state index in [2.05, 4.69) is 10.2 Å². The molecule has 1 saturated heterocycles. The first-order chi connectivity index (χ1) is 12.2. The number of hydrogen-bond acceptors (Lipinski definition) is 6. The van der Waals surface area contributed by atoms with Crippen molar-refractivity contribution in [2.24, 2.45) is 7.05 Å². The van der Waals surface area contributed by atoms with Crippen molar-refractivity contribution in [2.75, 3.05) is 17.3 Å². The Bertz CT molecular complexity index is 964. The average molecular weight is 394 g/mol. The Balaban J connectivity index is 1.71. The summed E-state index contributed by atoms with van der Waals surface area (Å²) in [7, 11) is -1.14. The van der Waals surface area contributed by atoms with Gasteiger partial charge in [-0.05, 0) is 49.9 Å². The van der Waals surface area contributed by atoms with Gasteiger partial charge in [0.15, 0.2) is 20.8 Å². The summed E-state index contributed by atoms with van der Waals surface area (Å²) in [5.41, 5.74) is 4.00. The van der Waals surface area contributed by atoms with E-state index in [1.807, 2.05) is 44.5 Å². The molecule has 26 heavy (non-hydrogen) atoms. The smallest absolute Gasteiger partial charge is 0.191 e. The number of thioether (sulfide) groups is 1. The van der Waals surface area contributed by atoms with Gasteiger partial charge in [0.2, 0.25) is 0 Å². The maximum absolute atomic E-state index is 12.6. The fourth-order valence-electron chi connectivity index (χ4n) is 3.27. The van der Waals surface area contributed by atoms with Crippen LogP contribution in [0.2, 0.25) is 0 Å². The number of Topliss-reactive ketones (excluding diaryl/α,β-unsaturated/α-hetero) is 1. The highest BCUT2D eigenvalue weighted by Gasteiger charge is 2.32. The molecule has 1 aliphatic heterocycles. The van der Waals surface area contributed by atoms with E-state index >= 15 is 0 Å². The Hall–Kier alpha value is -1.67.